The highest BCUT2D eigenvalue weighted by atomic mass is 35.5. The monoisotopic (exact) mass is 388 g/mol. The SMILES string of the molecule is CCOc1cc2c(cc1N[C@H](C)C(=O)Nc1cccc(Cl)c1C)O[C@H](C)C2. The first-order valence-electron chi connectivity index (χ1n) is 9.18. The molecule has 1 heterocycles. The van der Waals surface area contributed by atoms with Gasteiger partial charge in [0.2, 0.25) is 5.91 Å². The average molecular weight is 389 g/mol. The van der Waals surface area contributed by atoms with Crippen LogP contribution in [0.25, 0.3) is 0 Å². The van der Waals surface area contributed by atoms with Crippen LogP contribution in [-0.2, 0) is 11.2 Å². The summed E-state index contributed by atoms with van der Waals surface area (Å²) in [7, 11) is 0. The van der Waals surface area contributed by atoms with Crippen LogP contribution in [0.1, 0.15) is 31.9 Å². The molecule has 1 amide bonds. The van der Waals surface area contributed by atoms with Crippen molar-refractivity contribution < 1.29 is 14.3 Å². The van der Waals surface area contributed by atoms with Gasteiger partial charge < -0.3 is 20.1 Å². The third kappa shape index (κ3) is 4.30. The molecule has 0 saturated carbocycles. The zero-order valence-electron chi connectivity index (χ0n) is 16.1. The Labute approximate surface area is 165 Å². The number of benzene rings is 2. The normalized spacial score (nSPS) is 16.3. The smallest absolute Gasteiger partial charge is 0.246 e. The summed E-state index contributed by atoms with van der Waals surface area (Å²) >= 11 is 6.13. The molecule has 1 aliphatic rings. The molecular weight excluding hydrogens is 364 g/mol. The molecule has 2 atom stereocenters. The van der Waals surface area contributed by atoms with E-state index in [4.69, 9.17) is 21.1 Å². The quantitative estimate of drug-likeness (QED) is 0.745. The first kappa shape index (κ1) is 19.4. The second kappa shape index (κ2) is 8.09. The number of ether oxygens (including phenoxy) is 2. The maximum atomic E-state index is 12.6. The van der Waals surface area contributed by atoms with Crippen LogP contribution < -0.4 is 20.1 Å². The van der Waals surface area contributed by atoms with Gasteiger partial charge in [0.15, 0.2) is 0 Å². The van der Waals surface area contributed by atoms with E-state index < -0.39 is 6.04 Å². The summed E-state index contributed by atoms with van der Waals surface area (Å²) < 4.78 is 11.6. The van der Waals surface area contributed by atoms with E-state index in [1.165, 1.54) is 0 Å². The lowest BCUT2D eigenvalue weighted by Gasteiger charge is -2.19. The van der Waals surface area contributed by atoms with E-state index in [-0.39, 0.29) is 12.0 Å². The third-order valence-corrected chi connectivity index (χ3v) is 5.00. The van der Waals surface area contributed by atoms with Gasteiger partial charge >= 0.3 is 0 Å². The molecule has 2 aromatic rings. The number of hydrogen-bond donors (Lipinski definition) is 2. The number of carbonyl (C=O) groups is 1. The van der Waals surface area contributed by atoms with Gasteiger partial charge in [-0.15, -0.1) is 0 Å². The lowest BCUT2D eigenvalue weighted by molar-refractivity contribution is -0.116. The van der Waals surface area contributed by atoms with Crippen LogP contribution in [0.4, 0.5) is 11.4 Å². The van der Waals surface area contributed by atoms with E-state index in [9.17, 15) is 4.79 Å². The number of amides is 1. The van der Waals surface area contributed by atoms with E-state index in [1.807, 2.05) is 52.0 Å². The van der Waals surface area contributed by atoms with Gasteiger partial charge in [0.05, 0.1) is 12.3 Å². The van der Waals surface area contributed by atoms with Crippen LogP contribution in [-0.4, -0.2) is 24.7 Å². The number of nitrogens with one attached hydrogen (secondary N) is 2. The van der Waals surface area contributed by atoms with Crippen LogP contribution in [0.5, 0.6) is 11.5 Å². The van der Waals surface area contributed by atoms with Crippen molar-refractivity contribution in [1.29, 1.82) is 0 Å². The van der Waals surface area contributed by atoms with Gasteiger partial charge in [0.1, 0.15) is 23.6 Å². The highest BCUT2D eigenvalue weighted by molar-refractivity contribution is 6.31. The summed E-state index contributed by atoms with van der Waals surface area (Å²) in [4.78, 5) is 12.6. The van der Waals surface area contributed by atoms with Crippen molar-refractivity contribution in [3.05, 3.63) is 46.5 Å². The summed E-state index contributed by atoms with van der Waals surface area (Å²) in [5, 5.41) is 6.79. The van der Waals surface area contributed by atoms with Gasteiger partial charge in [0.25, 0.3) is 0 Å². The second-order valence-corrected chi connectivity index (χ2v) is 7.20. The molecule has 2 aromatic carbocycles. The number of hydrogen-bond acceptors (Lipinski definition) is 4. The predicted octanol–water partition coefficient (Wildman–Crippen LogP) is 4.81. The Bertz CT molecular complexity index is 854. The Balaban J connectivity index is 1.76. The molecule has 0 saturated heterocycles. The molecule has 0 spiro atoms. The standard InChI is InChI=1S/C21H25ClN2O3/c1-5-26-20-10-15-9-12(2)27-19(15)11-18(20)23-14(4)21(25)24-17-8-6-7-16(22)13(17)3/h6-8,10-12,14,23H,5,9H2,1-4H3,(H,24,25)/t12-,14-/m1/s1. The molecule has 0 aliphatic carbocycles. The molecule has 0 unspecified atom stereocenters. The Kier molecular flexibility index (Phi) is 5.80. The predicted molar refractivity (Wildman–Crippen MR) is 109 cm³/mol. The number of fused-ring (bicyclic) bond motifs is 1. The van der Waals surface area contributed by atoms with Crippen molar-refractivity contribution in [2.24, 2.45) is 0 Å². The van der Waals surface area contributed by atoms with Crippen LogP contribution >= 0.6 is 11.6 Å². The molecule has 6 heteroatoms. The molecule has 0 fully saturated rings. The third-order valence-electron chi connectivity index (χ3n) is 4.59. The van der Waals surface area contributed by atoms with Gasteiger partial charge in [-0.05, 0) is 51.5 Å². The number of rotatable bonds is 6. The lowest BCUT2D eigenvalue weighted by Crippen LogP contribution is -2.32. The molecule has 5 nitrogen and oxygen atoms in total. The minimum Gasteiger partial charge on any atom is -0.492 e. The molecule has 0 aromatic heterocycles. The Morgan fingerprint density at radius 2 is 2.15 bits per heavy atom. The summed E-state index contributed by atoms with van der Waals surface area (Å²) in [6, 6.07) is 8.89. The maximum Gasteiger partial charge on any atom is 0.246 e. The minimum atomic E-state index is -0.473. The van der Waals surface area contributed by atoms with Crippen molar-refractivity contribution in [2.75, 3.05) is 17.2 Å². The van der Waals surface area contributed by atoms with E-state index >= 15 is 0 Å². The van der Waals surface area contributed by atoms with Crippen molar-refractivity contribution in [3.8, 4) is 11.5 Å². The summed E-state index contributed by atoms with van der Waals surface area (Å²) in [5.74, 6) is 1.41. The minimum absolute atomic E-state index is 0.149. The van der Waals surface area contributed by atoms with Gasteiger partial charge in [0, 0.05) is 28.8 Å². The maximum absolute atomic E-state index is 12.6. The fourth-order valence-electron chi connectivity index (χ4n) is 3.11. The highest BCUT2D eigenvalue weighted by Crippen LogP contribution is 2.38. The number of halogens is 1. The van der Waals surface area contributed by atoms with Crippen molar-refractivity contribution in [1.82, 2.24) is 0 Å². The topological polar surface area (TPSA) is 59.6 Å². The summed E-state index contributed by atoms with van der Waals surface area (Å²) in [5.41, 5.74) is 3.42. The summed E-state index contributed by atoms with van der Waals surface area (Å²) in [6.45, 7) is 8.21. The van der Waals surface area contributed by atoms with Crippen LogP contribution in [0.2, 0.25) is 5.02 Å². The first-order chi connectivity index (χ1) is 12.9. The van der Waals surface area contributed by atoms with Gasteiger partial charge in [-0.3, -0.25) is 4.79 Å². The summed E-state index contributed by atoms with van der Waals surface area (Å²) in [6.07, 6.45) is 1.01. The number of carbonyl (C=O) groups excluding carboxylic acids is 1. The fraction of sp³-hybridized carbons (Fsp3) is 0.381. The lowest BCUT2D eigenvalue weighted by atomic mass is 10.1. The molecule has 2 N–H and O–H groups in total. The fourth-order valence-corrected chi connectivity index (χ4v) is 3.28. The van der Waals surface area contributed by atoms with E-state index in [0.29, 0.717) is 17.3 Å². The van der Waals surface area contributed by atoms with E-state index in [2.05, 4.69) is 10.6 Å². The van der Waals surface area contributed by atoms with Crippen molar-refractivity contribution in [2.45, 2.75) is 46.3 Å². The Hall–Kier alpha value is -2.40. The van der Waals surface area contributed by atoms with E-state index in [1.54, 1.807) is 6.07 Å². The molecule has 0 bridgehead atoms. The molecular formula is C21H25ClN2O3. The zero-order chi connectivity index (χ0) is 19.6. The van der Waals surface area contributed by atoms with Gasteiger partial charge in [-0.25, -0.2) is 0 Å². The molecule has 144 valence electrons. The molecule has 0 radical (unpaired) electrons. The number of anilines is 2. The molecule has 1 aliphatic heterocycles. The highest BCUT2D eigenvalue weighted by Gasteiger charge is 2.23. The average Bonchev–Trinajstić information content (AvgIpc) is 2.98. The van der Waals surface area contributed by atoms with E-state index in [0.717, 1.165) is 34.7 Å². The largest absolute Gasteiger partial charge is 0.492 e. The first-order valence-corrected chi connectivity index (χ1v) is 9.55. The van der Waals surface area contributed by atoms with Crippen LogP contribution in [0.15, 0.2) is 30.3 Å². The zero-order valence-corrected chi connectivity index (χ0v) is 16.8. The molecule has 27 heavy (non-hydrogen) atoms. The van der Waals surface area contributed by atoms with Crippen molar-refractivity contribution >= 4 is 28.9 Å². The van der Waals surface area contributed by atoms with Crippen molar-refractivity contribution in [3.63, 3.8) is 0 Å². The molecule has 3 rings (SSSR count). The van der Waals surface area contributed by atoms with Gasteiger partial charge in [-0.2, -0.15) is 0 Å². The van der Waals surface area contributed by atoms with Gasteiger partial charge in [-0.1, -0.05) is 17.7 Å². The Morgan fingerprint density at radius 1 is 1.37 bits per heavy atom. The van der Waals surface area contributed by atoms with Crippen LogP contribution in [0, 0.1) is 6.92 Å². The second-order valence-electron chi connectivity index (χ2n) is 6.79. The van der Waals surface area contributed by atoms with Crippen LogP contribution in [0.3, 0.4) is 0 Å². The Morgan fingerprint density at radius 3 is 2.89 bits per heavy atom.